The Labute approximate surface area is 116 Å². The maximum absolute atomic E-state index is 12.3. The molecule has 0 saturated heterocycles. The minimum absolute atomic E-state index is 0.279. The van der Waals surface area contributed by atoms with Gasteiger partial charge in [-0.15, -0.1) is 0 Å². The summed E-state index contributed by atoms with van der Waals surface area (Å²) in [6, 6.07) is 9.54. The van der Waals surface area contributed by atoms with Gasteiger partial charge in [-0.2, -0.15) is 0 Å². The molecule has 1 rings (SSSR count). The largest absolute Gasteiger partial charge is 0.475 e. The van der Waals surface area contributed by atoms with E-state index < -0.39 is 7.82 Å². The third-order valence-electron chi connectivity index (χ3n) is 2.14. The molecule has 0 aliphatic carbocycles. The Morgan fingerprint density at radius 1 is 1.17 bits per heavy atom. The lowest BCUT2D eigenvalue weighted by atomic mass is 10.1. The van der Waals surface area contributed by atoms with E-state index in [1.807, 2.05) is 30.3 Å². The summed E-state index contributed by atoms with van der Waals surface area (Å²) in [6.45, 7) is 4.06. The molecule has 0 saturated carbocycles. The number of halogens is 1. The molecule has 0 N–H and O–H groups in total. The van der Waals surface area contributed by atoms with Gasteiger partial charge in [0.1, 0.15) is 6.10 Å². The number of benzene rings is 1. The van der Waals surface area contributed by atoms with E-state index >= 15 is 0 Å². The van der Waals surface area contributed by atoms with Crippen molar-refractivity contribution < 1.29 is 18.1 Å². The van der Waals surface area contributed by atoms with Gasteiger partial charge in [-0.25, -0.2) is 4.57 Å². The molecule has 0 bridgehead atoms. The van der Waals surface area contributed by atoms with Crippen molar-refractivity contribution >= 4 is 23.8 Å². The van der Waals surface area contributed by atoms with Crippen LogP contribution in [0.1, 0.15) is 25.5 Å². The summed E-state index contributed by atoms with van der Waals surface area (Å²) in [5.41, 5.74) is 0.925. The lowest BCUT2D eigenvalue weighted by Crippen LogP contribution is -2.08. The molecule has 0 radical (unpaired) electrons. The van der Waals surface area contributed by atoms with Crippen LogP contribution in [0.15, 0.2) is 30.3 Å². The van der Waals surface area contributed by atoms with Crippen LogP contribution in [-0.4, -0.2) is 18.5 Å². The van der Waals surface area contributed by atoms with Gasteiger partial charge in [0.2, 0.25) is 0 Å². The fourth-order valence-electron chi connectivity index (χ4n) is 1.42. The molecule has 6 heteroatoms. The molecule has 1 aromatic rings. The van der Waals surface area contributed by atoms with E-state index in [0.717, 1.165) is 5.56 Å². The van der Waals surface area contributed by atoms with Gasteiger partial charge in [0.15, 0.2) is 0 Å². The Hall–Kier alpha value is -0.190. The summed E-state index contributed by atoms with van der Waals surface area (Å²) in [7, 11) is -3.49. The summed E-state index contributed by atoms with van der Waals surface area (Å²) in [4.78, 5) is 0. The molecule has 0 spiro atoms. The van der Waals surface area contributed by atoms with E-state index in [1.54, 1.807) is 13.8 Å². The van der Waals surface area contributed by atoms with Crippen LogP contribution < -0.4 is 0 Å². The normalized spacial score (nSPS) is 13.5. The van der Waals surface area contributed by atoms with E-state index in [4.69, 9.17) is 13.6 Å². The number of rotatable bonds is 8. The zero-order chi connectivity index (χ0) is 13.4. The van der Waals surface area contributed by atoms with Gasteiger partial charge in [-0.3, -0.25) is 13.6 Å². The molecule has 1 atom stereocenters. The number of hydrogen-bond donors (Lipinski definition) is 0. The minimum Gasteiger partial charge on any atom is -0.287 e. The van der Waals surface area contributed by atoms with E-state index in [2.05, 4.69) is 15.9 Å². The lowest BCUT2D eigenvalue weighted by molar-refractivity contribution is 0.0930. The van der Waals surface area contributed by atoms with Crippen molar-refractivity contribution in [1.29, 1.82) is 0 Å². The van der Waals surface area contributed by atoms with E-state index in [9.17, 15) is 4.57 Å². The van der Waals surface area contributed by atoms with Crippen molar-refractivity contribution in [3.63, 3.8) is 0 Å². The molecule has 1 unspecified atom stereocenters. The molecule has 0 aliphatic heterocycles. The van der Waals surface area contributed by atoms with Crippen molar-refractivity contribution in [2.24, 2.45) is 0 Å². The summed E-state index contributed by atoms with van der Waals surface area (Å²) in [5, 5.41) is 0.515. The van der Waals surface area contributed by atoms with Crippen molar-refractivity contribution in [2.45, 2.75) is 20.0 Å². The second-order valence-corrected chi connectivity index (χ2v) is 5.71. The molecule has 0 aromatic heterocycles. The predicted octanol–water partition coefficient (Wildman–Crippen LogP) is 4.32. The Bertz CT molecular complexity index is 375. The van der Waals surface area contributed by atoms with Gasteiger partial charge in [-0.05, 0) is 19.4 Å². The smallest absolute Gasteiger partial charge is 0.287 e. The van der Waals surface area contributed by atoms with Crippen LogP contribution in [0.2, 0.25) is 0 Å². The van der Waals surface area contributed by atoms with Crippen molar-refractivity contribution in [1.82, 2.24) is 0 Å². The van der Waals surface area contributed by atoms with Gasteiger partial charge in [0.25, 0.3) is 0 Å². The van der Waals surface area contributed by atoms with Crippen LogP contribution in [0.4, 0.5) is 0 Å². The van der Waals surface area contributed by atoms with Crippen LogP contribution >= 0.6 is 23.8 Å². The van der Waals surface area contributed by atoms with Gasteiger partial charge >= 0.3 is 7.82 Å². The lowest BCUT2D eigenvalue weighted by Gasteiger charge is -2.22. The highest BCUT2D eigenvalue weighted by Crippen LogP contribution is 2.53. The quantitative estimate of drug-likeness (QED) is 0.523. The Kier molecular flexibility index (Phi) is 7.12. The molecular formula is C12H18BrO4P. The van der Waals surface area contributed by atoms with E-state index in [-0.39, 0.29) is 19.3 Å². The van der Waals surface area contributed by atoms with Gasteiger partial charge in [0.05, 0.1) is 13.2 Å². The molecular weight excluding hydrogens is 319 g/mol. The standard InChI is InChI=1S/C12H18BrO4P/c1-3-15-18(14,16-4-2)17-12(10-13)11-8-6-5-7-9-11/h5-9,12H,3-4,10H2,1-2H3. The molecule has 1 aromatic carbocycles. The predicted molar refractivity (Wildman–Crippen MR) is 74.9 cm³/mol. The maximum Gasteiger partial charge on any atom is 0.475 e. The fraction of sp³-hybridized carbons (Fsp3) is 0.500. The zero-order valence-corrected chi connectivity index (χ0v) is 13.0. The van der Waals surface area contributed by atoms with Gasteiger partial charge in [0, 0.05) is 5.33 Å². The number of alkyl halides is 1. The fourth-order valence-corrected chi connectivity index (χ4v) is 3.46. The van der Waals surface area contributed by atoms with Crippen molar-refractivity contribution in [3.05, 3.63) is 35.9 Å². The topological polar surface area (TPSA) is 44.8 Å². The number of hydrogen-bond acceptors (Lipinski definition) is 4. The molecule has 102 valence electrons. The molecule has 0 aliphatic rings. The summed E-state index contributed by atoms with van der Waals surface area (Å²) < 4.78 is 28.0. The monoisotopic (exact) mass is 336 g/mol. The Morgan fingerprint density at radius 3 is 2.17 bits per heavy atom. The number of phosphoric acid groups is 1. The highest BCUT2D eigenvalue weighted by molar-refractivity contribution is 9.09. The third kappa shape index (κ3) is 4.82. The first-order valence-electron chi connectivity index (χ1n) is 5.83. The molecule has 18 heavy (non-hydrogen) atoms. The number of phosphoric ester groups is 1. The van der Waals surface area contributed by atoms with E-state index in [1.165, 1.54) is 0 Å². The second-order valence-electron chi connectivity index (χ2n) is 3.44. The minimum atomic E-state index is -3.49. The average Bonchev–Trinajstić information content (AvgIpc) is 2.38. The van der Waals surface area contributed by atoms with Crippen molar-refractivity contribution in [2.75, 3.05) is 18.5 Å². The first kappa shape index (κ1) is 15.9. The second kappa shape index (κ2) is 8.08. The maximum atomic E-state index is 12.3. The SMILES string of the molecule is CCOP(=O)(OCC)OC(CBr)c1ccccc1. The van der Waals surface area contributed by atoms with Crippen LogP contribution in [-0.2, 0) is 18.1 Å². The van der Waals surface area contributed by atoms with E-state index in [0.29, 0.717) is 5.33 Å². The molecule has 0 amide bonds. The zero-order valence-electron chi connectivity index (χ0n) is 10.5. The Balaban J connectivity index is 2.80. The average molecular weight is 337 g/mol. The Morgan fingerprint density at radius 2 is 1.72 bits per heavy atom. The first-order valence-corrected chi connectivity index (χ1v) is 8.41. The third-order valence-corrected chi connectivity index (χ3v) is 4.39. The molecule has 4 nitrogen and oxygen atoms in total. The van der Waals surface area contributed by atoms with Crippen LogP contribution in [0, 0.1) is 0 Å². The van der Waals surface area contributed by atoms with Crippen LogP contribution in [0.25, 0.3) is 0 Å². The van der Waals surface area contributed by atoms with Crippen LogP contribution in [0.5, 0.6) is 0 Å². The highest BCUT2D eigenvalue weighted by atomic mass is 79.9. The first-order chi connectivity index (χ1) is 8.65. The highest BCUT2D eigenvalue weighted by Gasteiger charge is 2.30. The molecule has 0 heterocycles. The molecule has 0 fully saturated rings. The summed E-state index contributed by atoms with van der Waals surface area (Å²) in [6.07, 6.45) is -0.366. The van der Waals surface area contributed by atoms with Gasteiger partial charge < -0.3 is 0 Å². The van der Waals surface area contributed by atoms with Crippen LogP contribution in [0.3, 0.4) is 0 Å². The summed E-state index contributed by atoms with van der Waals surface area (Å²) in [5.74, 6) is 0. The van der Waals surface area contributed by atoms with Crippen molar-refractivity contribution in [3.8, 4) is 0 Å². The van der Waals surface area contributed by atoms with Gasteiger partial charge in [-0.1, -0.05) is 46.3 Å². The summed E-state index contributed by atoms with van der Waals surface area (Å²) >= 11 is 3.35.